The number of hydrogen-bond acceptors (Lipinski definition) is 8. The molecule has 2 aromatic rings. The van der Waals surface area contributed by atoms with Gasteiger partial charge in [-0.05, 0) is 0 Å². The molecule has 0 bridgehead atoms. The Bertz CT molecular complexity index is 1050. The Labute approximate surface area is 198 Å². The van der Waals surface area contributed by atoms with Gasteiger partial charge >= 0.3 is 0 Å². The van der Waals surface area contributed by atoms with E-state index in [4.69, 9.17) is 24.4 Å². The lowest BCUT2D eigenvalue weighted by Gasteiger charge is -2.23. The van der Waals surface area contributed by atoms with Crippen molar-refractivity contribution < 1.29 is 19.4 Å². The summed E-state index contributed by atoms with van der Waals surface area (Å²) in [4.78, 5) is 45.3. The number of nitro benzene ring substituents is 2. The van der Waals surface area contributed by atoms with Crippen LogP contribution in [0.2, 0.25) is 0 Å². The molecule has 0 unspecified atom stereocenters. The molecule has 0 aromatic heterocycles. The molecule has 0 aliphatic heterocycles. The molecule has 2 rings (SSSR count). The molecule has 2 amide bonds. The zero-order valence-corrected chi connectivity index (χ0v) is 19.0. The van der Waals surface area contributed by atoms with Crippen LogP contribution in [0.4, 0.5) is 11.4 Å². The number of amides is 2. The second-order valence-corrected chi connectivity index (χ2v) is 7.36. The van der Waals surface area contributed by atoms with Gasteiger partial charge in [-0.1, -0.05) is 48.7 Å². The smallest absolute Gasteiger partial charge is 0.270 e. The summed E-state index contributed by atoms with van der Waals surface area (Å²) in [6.45, 7) is 0. The first-order valence-electron chi connectivity index (χ1n) is 9.13. The minimum atomic E-state index is -0.697. The molecule has 12 nitrogen and oxygen atoms in total. The zero-order chi connectivity index (χ0) is 24.7. The van der Waals surface area contributed by atoms with E-state index >= 15 is 0 Å². The molecule has 172 valence electrons. The number of hydrogen-bond donors (Lipinski definition) is 2. The molecule has 0 atom stereocenters. The minimum Gasteiger partial charge on any atom is -0.277 e. The number of carbonyl (C=O) groups excluding carboxylic acids is 2. The maximum absolute atomic E-state index is 12.2. The van der Waals surface area contributed by atoms with Crippen LogP contribution < -0.4 is 10.9 Å². The van der Waals surface area contributed by atoms with Gasteiger partial charge in [0.15, 0.2) is 0 Å². The van der Waals surface area contributed by atoms with Gasteiger partial charge in [0, 0.05) is 49.5 Å². The SMILES string of the molecule is CN(NC(=O)CC(=O)NN(C)C(=S)c1cccc([N+](=O)[O-])c1)C(=S)c1cccc([N+](=O)[O-])c1. The van der Waals surface area contributed by atoms with Crippen molar-refractivity contribution in [2.45, 2.75) is 6.42 Å². The van der Waals surface area contributed by atoms with Crippen LogP contribution in [0.25, 0.3) is 0 Å². The zero-order valence-electron chi connectivity index (χ0n) is 17.4. The lowest BCUT2D eigenvalue weighted by Crippen LogP contribution is -2.47. The first-order valence-corrected chi connectivity index (χ1v) is 9.95. The summed E-state index contributed by atoms with van der Waals surface area (Å²) in [5, 5.41) is 24.2. The van der Waals surface area contributed by atoms with Crippen LogP contribution >= 0.6 is 24.4 Å². The molecule has 2 aromatic carbocycles. The summed E-state index contributed by atoms with van der Waals surface area (Å²) in [5.41, 5.74) is 5.19. The number of carbonyl (C=O) groups is 2. The van der Waals surface area contributed by atoms with Crippen molar-refractivity contribution in [3.8, 4) is 0 Å². The fraction of sp³-hybridized carbons (Fsp3) is 0.158. The van der Waals surface area contributed by atoms with Crippen LogP contribution in [0, 0.1) is 20.2 Å². The van der Waals surface area contributed by atoms with Crippen molar-refractivity contribution in [2.24, 2.45) is 0 Å². The Morgan fingerprint density at radius 3 is 1.52 bits per heavy atom. The molecule has 2 N–H and O–H groups in total. The molecule has 0 aliphatic carbocycles. The van der Waals surface area contributed by atoms with Crippen molar-refractivity contribution in [1.29, 1.82) is 0 Å². The largest absolute Gasteiger partial charge is 0.277 e. The lowest BCUT2D eigenvalue weighted by molar-refractivity contribution is -0.385. The van der Waals surface area contributed by atoms with Crippen molar-refractivity contribution in [3.63, 3.8) is 0 Å². The first kappa shape index (κ1) is 25.2. The average Bonchev–Trinajstić information content (AvgIpc) is 2.77. The van der Waals surface area contributed by atoms with Crippen molar-refractivity contribution in [2.75, 3.05) is 14.1 Å². The summed E-state index contributed by atoms with van der Waals surface area (Å²) >= 11 is 10.4. The van der Waals surface area contributed by atoms with Gasteiger partial charge in [-0.3, -0.25) is 50.7 Å². The standard InChI is InChI=1S/C19H18N6O6S2/c1-22(18(32)12-5-3-7-14(9-12)24(28)29)20-16(26)11-17(27)21-23(2)19(33)13-6-4-8-15(10-13)25(30)31/h3-10H,11H2,1-2H3,(H,20,26)(H,21,27). The quantitative estimate of drug-likeness (QED) is 0.266. The Morgan fingerprint density at radius 2 is 1.18 bits per heavy atom. The topological polar surface area (TPSA) is 151 Å². The molecular formula is C19H18N6O6S2. The molecule has 0 aliphatic rings. The Morgan fingerprint density at radius 1 is 0.818 bits per heavy atom. The van der Waals surface area contributed by atoms with E-state index in [1.807, 2.05) is 0 Å². The molecular weight excluding hydrogens is 472 g/mol. The predicted octanol–water partition coefficient (Wildman–Crippen LogP) is 1.87. The highest BCUT2D eigenvalue weighted by molar-refractivity contribution is 7.80. The van der Waals surface area contributed by atoms with Gasteiger partial charge in [0.1, 0.15) is 16.4 Å². The van der Waals surface area contributed by atoms with E-state index in [1.165, 1.54) is 60.5 Å². The van der Waals surface area contributed by atoms with Gasteiger partial charge in [-0.15, -0.1) is 0 Å². The van der Waals surface area contributed by atoms with Crippen molar-refractivity contribution >= 4 is 57.6 Å². The number of thiocarbonyl (C=S) groups is 2. The molecule has 33 heavy (non-hydrogen) atoms. The number of hydrazine groups is 2. The normalized spacial score (nSPS) is 10.0. The molecule has 0 spiro atoms. The fourth-order valence-electron chi connectivity index (χ4n) is 2.59. The summed E-state index contributed by atoms with van der Waals surface area (Å²) in [6.07, 6.45) is -0.580. The molecule has 0 fully saturated rings. The van der Waals surface area contributed by atoms with E-state index in [9.17, 15) is 29.8 Å². The van der Waals surface area contributed by atoms with Crippen LogP contribution in [0.15, 0.2) is 48.5 Å². The predicted molar refractivity (Wildman–Crippen MR) is 126 cm³/mol. The fourth-order valence-corrected chi connectivity index (χ4v) is 2.94. The van der Waals surface area contributed by atoms with E-state index in [-0.39, 0.29) is 21.4 Å². The van der Waals surface area contributed by atoms with Gasteiger partial charge in [0.05, 0.1) is 9.85 Å². The van der Waals surface area contributed by atoms with Crippen molar-refractivity contribution in [1.82, 2.24) is 20.9 Å². The average molecular weight is 491 g/mol. The second-order valence-electron chi connectivity index (χ2n) is 6.59. The van der Waals surface area contributed by atoms with Crippen LogP contribution in [0.1, 0.15) is 17.5 Å². The number of nitro groups is 2. The molecule has 0 saturated carbocycles. The maximum atomic E-state index is 12.2. The van der Waals surface area contributed by atoms with Gasteiger partial charge in [0.25, 0.3) is 11.4 Å². The van der Waals surface area contributed by atoms with E-state index in [0.717, 1.165) is 0 Å². The van der Waals surface area contributed by atoms with Gasteiger partial charge < -0.3 is 0 Å². The summed E-state index contributed by atoms with van der Waals surface area (Å²) in [6, 6.07) is 11.2. The van der Waals surface area contributed by atoms with Crippen molar-refractivity contribution in [3.05, 3.63) is 79.9 Å². The van der Waals surface area contributed by atoms with Crippen LogP contribution in [0.3, 0.4) is 0 Å². The Balaban J connectivity index is 1.92. The number of benzene rings is 2. The van der Waals surface area contributed by atoms with Gasteiger partial charge in [-0.2, -0.15) is 0 Å². The van der Waals surface area contributed by atoms with E-state index < -0.39 is 28.1 Å². The highest BCUT2D eigenvalue weighted by atomic mass is 32.1. The third-order valence-electron chi connectivity index (χ3n) is 4.12. The second kappa shape index (κ2) is 11.0. The third kappa shape index (κ3) is 6.98. The number of non-ortho nitro benzene ring substituents is 2. The Kier molecular flexibility index (Phi) is 8.42. The monoisotopic (exact) mass is 490 g/mol. The van der Waals surface area contributed by atoms with Crippen LogP contribution in [-0.4, -0.2) is 55.8 Å². The minimum absolute atomic E-state index is 0.108. The summed E-state index contributed by atoms with van der Waals surface area (Å²) < 4.78 is 0. The van der Waals surface area contributed by atoms with E-state index in [1.54, 1.807) is 12.1 Å². The summed E-state index contributed by atoms with van der Waals surface area (Å²) in [7, 11) is 2.86. The first-order chi connectivity index (χ1) is 15.5. The Hall–Kier alpha value is -4.04. The maximum Gasteiger partial charge on any atom is 0.270 e. The van der Waals surface area contributed by atoms with Crippen LogP contribution in [0.5, 0.6) is 0 Å². The molecule has 14 heteroatoms. The van der Waals surface area contributed by atoms with Crippen LogP contribution in [-0.2, 0) is 9.59 Å². The molecule has 0 radical (unpaired) electrons. The number of nitrogens with one attached hydrogen (secondary N) is 2. The molecule has 0 heterocycles. The van der Waals surface area contributed by atoms with Gasteiger partial charge in [0.2, 0.25) is 11.8 Å². The van der Waals surface area contributed by atoms with E-state index in [0.29, 0.717) is 11.1 Å². The number of nitrogens with zero attached hydrogens (tertiary/aromatic N) is 4. The van der Waals surface area contributed by atoms with E-state index in [2.05, 4.69) is 10.9 Å². The molecule has 0 saturated heterocycles. The number of rotatable bonds is 6. The lowest BCUT2D eigenvalue weighted by atomic mass is 10.2. The highest BCUT2D eigenvalue weighted by Gasteiger charge is 2.18. The highest BCUT2D eigenvalue weighted by Crippen LogP contribution is 2.15. The summed E-state index contributed by atoms with van der Waals surface area (Å²) in [5.74, 6) is -1.39. The third-order valence-corrected chi connectivity index (χ3v) is 5.14. The van der Waals surface area contributed by atoms with Gasteiger partial charge in [-0.25, -0.2) is 0 Å².